The minimum absolute atomic E-state index is 0.0349. The van der Waals surface area contributed by atoms with Crippen LogP contribution in [0.1, 0.15) is 23.5 Å². The lowest BCUT2D eigenvalue weighted by Gasteiger charge is -2.24. The molecule has 152 valence electrons. The monoisotopic (exact) mass is 418 g/mol. The average molecular weight is 419 g/mol. The van der Waals surface area contributed by atoms with Gasteiger partial charge in [-0.05, 0) is 36.2 Å². The highest BCUT2D eigenvalue weighted by Gasteiger charge is 2.29. The van der Waals surface area contributed by atoms with E-state index in [-0.39, 0.29) is 25.5 Å². The van der Waals surface area contributed by atoms with Crippen molar-refractivity contribution in [3.63, 3.8) is 0 Å². The molecule has 3 N–H and O–H groups in total. The first-order valence-corrected chi connectivity index (χ1v) is 9.37. The van der Waals surface area contributed by atoms with Crippen LogP contribution >= 0.6 is 11.6 Å². The molecule has 1 atom stereocenters. The molecule has 0 bridgehead atoms. The number of rotatable bonds is 6. The van der Waals surface area contributed by atoms with E-state index >= 15 is 0 Å². The summed E-state index contributed by atoms with van der Waals surface area (Å²) in [5.41, 5.74) is 2.04. The number of aliphatic hydroxyl groups is 1. The number of amides is 2. The second-order valence-electron chi connectivity index (χ2n) is 6.60. The normalized spacial score (nSPS) is 16.1. The minimum Gasteiger partial charge on any atom is -0.490 e. The third-order valence-electron chi connectivity index (χ3n) is 4.54. The molecule has 2 amide bonds. The van der Waals surface area contributed by atoms with Crippen LogP contribution in [0.15, 0.2) is 48.2 Å². The van der Waals surface area contributed by atoms with Gasteiger partial charge in [0, 0.05) is 35.9 Å². The number of halogens is 2. The minimum atomic E-state index is -0.572. The number of nitrogens with one attached hydrogen (secondary N) is 2. The highest BCUT2D eigenvalue weighted by molar-refractivity contribution is 6.32. The molecular weight excluding hydrogens is 399 g/mol. The van der Waals surface area contributed by atoms with E-state index in [4.69, 9.17) is 21.4 Å². The Morgan fingerprint density at radius 1 is 1.38 bits per heavy atom. The smallest absolute Gasteiger partial charge is 0.253 e. The Morgan fingerprint density at radius 2 is 2.17 bits per heavy atom. The number of aryl methyl sites for hydroxylation is 1. The highest BCUT2D eigenvalue weighted by atomic mass is 35.5. The van der Waals surface area contributed by atoms with Crippen LogP contribution in [0.5, 0.6) is 5.75 Å². The van der Waals surface area contributed by atoms with Gasteiger partial charge in [0.25, 0.3) is 5.91 Å². The number of ether oxygens (including phenoxy) is 1. The molecule has 0 spiro atoms. The van der Waals surface area contributed by atoms with E-state index in [1.807, 2.05) is 0 Å². The average Bonchev–Trinajstić information content (AvgIpc) is 2.69. The van der Waals surface area contributed by atoms with E-state index in [0.29, 0.717) is 33.2 Å². The van der Waals surface area contributed by atoms with Crippen LogP contribution in [-0.4, -0.2) is 30.1 Å². The maximum atomic E-state index is 13.7. The molecule has 2 aromatic carbocycles. The second kappa shape index (κ2) is 9.07. The lowest BCUT2D eigenvalue weighted by molar-refractivity contribution is -0.121. The Labute approximate surface area is 172 Å². The molecule has 6 nitrogen and oxygen atoms in total. The summed E-state index contributed by atoms with van der Waals surface area (Å²) in [6.45, 7) is 1.67. The van der Waals surface area contributed by atoms with Gasteiger partial charge in [-0.2, -0.15) is 0 Å². The zero-order valence-electron chi connectivity index (χ0n) is 15.7. The van der Waals surface area contributed by atoms with Crippen molar-refractivity contribution in [2.45, 2.75) is 19.3 Å². The highest BCUT2D eigenvalue weighted by Crippen LogP contribution is 2.34. The molecule has 0 aromatic heterocycles. The number of aliphatic hydroxyl groups excluding tert-OH is 1. The quantitative estimate of drug-likeness (QED) is 0.671. The zero-order valence-corrected chi connectivity index (χ0v) is 16.4. The molecule has 0 saturated heterocycles. The number of hydrogen-bond donors (Lipinski definition) is 3. The number of benzene rings is 2. The van der Waals surface area contributed by atoms with Crippen molar-refractivity contribution in [1.29, 1.82) is 0 Å². The fourth-order valence-corrected chi connectivity index (χ4v) is 3.38. The van der Waals surface area contributed by atoms with Crippen molar-refractivity contribution >= 4 is 29.1 Å². The molecule has 3 rings (SSSR count). The summed E-state index contributed by atoms with van der Waals surface area (Å²) in [6, 6.07) is 9.07. The summed E-state index contributed by atoms with van der Waals surface area (Å²) in [5, 5.41) is 14.6. The lowest BCUT2D eigenvalue weighted by atomic mass is 9.86. The summed E-state index contributed by atoms with van der Waals surface area (Å²) in [6.07, 6.45) is 1.39. The van der Waals surface area contributed by atoms with Gasteiger partial charge < -0.3 is 20.5 Å². The van der Waals surface area contributed by atoms with Crippen LogP contribution in [0.25, 0.3) is 0 Å². The summed E-state index contributed by atoms with van der Waals surface area (Å²) in [5.74, 6) is -1.37. The number of carbonyl (C=O) groups excluding carboxylic acids is 2. The Morgan fingerprint density at radius 3 is 2.90 bits per heavy atom. The van der Waals surface area contributed by atoms with Crippen LogP contribution in [0.2, 0.25) is 5.02 Å². The van der Waals surface area contributed by atoms with Crippen molar-refractivity contribution in [1.82, 2.24) is 5.32 Å². The van der Waals surface area contributed by atoms with Crippen molar-refractivity contribution in [3.05, 3.63) is 70.1 Å². The number of anilines is 1. The largest absolute Gasteiger partial charge is 0.490 e. The van der Waals surface area contributed by atoms with Gasteiger partial charge in [0.1, 0.15) is 18.2 Å². The predicted octanol–water partition coefficient (Wildman–Crippen LogP) is 3.28. The van der Waals surface area contributed by atoms with Crippen LogP contribution in [0.4, 0.5) is 10.1 Å². The van der Waals surface area contributed by atoms with Gasteiger partial charge in [-0.15, -0.1) is 0 Å². The van der Waals surface area contributed by atoms with E-state index in [0.717, 1.165) is 0 Å². The maximum Gasteiger partial charge on any atom is 0.253 e. The summed E-state index contributed by atoms with van der Waals surface area (Å²) in [4.78, 5) is 24.8. The van der Waals surface area contributed by atoms with Gasteiger partial charge >= 0.3 is 0 Å². The van der Waals surface area contributed by atoms with Crippen molar-refractivity contribution in [2.75, 3.05) is 18.5 Å². The Kier molecular flexibility index (Phi) is 6.51. The van der Waals surface area contributed by atoms with Gasteiger partial charge in [0.2, 0.25) is 5.91 Å². The third kappa shape index (κ3) is 4.93. The zero-order chi connectivity index (χ0) is 21.0. The predicted molar refractivity (Wildman–Crippen MR) is 107 cm³/mol. The Balaban J connectivity index is 1.88. The fourth-order valence-electron chi connectivity index (χ4n) is 3.11. The molecule has 1 aliphatic rings. The lowest BCUT2D eigenvalue weighted by Crippen LogP contribution is -2.32. The molecule has 8 heteroatoms. The summed E-state index contributed by atoms with van der Waals surface area (Å²) in [7, 11) is 0. The SMILES string of the molecule is Cc1cc(Cl)c(OCCO)cc1NC(=O)C1=CNC(=O)C[C@H]1c1cccc(F)c1. The topological polar surface area (TPSA) is 87.7 Å². The summed E-state index contributed by atoms with van der Waals surface area (Å²) >= 11 is 6.14. The van der Waals surface area contributed by atoms with Crippen LogP contribution < -0.4 is 15.4 Å². The second-order valence-corrected chi connectivity index (χ2v) is 7.01. The molecule has 0 radical (unpaired) electrons. The van der Waals surface area contributed by atoms with Gasteiger partial charge in [-0.1, -0.05) is 23.7 Å². The maximum absolute atomic E-state index is 13.7. The van der Waals surface area contributed by atoms with Crippen molar-refractivity contribution < 1.29 is 23.8 Å². The van der Waals surface area contributed by atoms with Crippen molar-refractivity contribution in [2.24, 2.45) is 0 Å². The molecule has 1 aliphatic heterocycles. The van der Waals surface area contributed by atoms with Gasteiger partial charge in [-0.3, -0.25) is 9.59 Å². The Hall–Kier alpha value is -2.90. The fraction of sp³-hybridized carbons (Fsp3) is 0.238. The third-order valence-corrected chi connectivity index (χ3v) is 4.84. The molecule has 2 aromatic rings. The molecule has 1 heterocycles. The van der Waals surface area contributed by atoms with E-state index < -0.39 is 17.6 Å². The van der Waals surface area contributed by atoms with Crippen molar-refractivity contribution in [3.8, 4) is 5.75 Å². The number of carbonyl (C=O) groups is 2. The molecule has 0 unspecified atom stereocenters. The van der Waals surface area contributed by atoms with E-state index in [1.54, 1.807) is 31.2 Å². The van der Waals surface area contributed by atoms with E-state index in [2.05, 4.69) is 10.6 Å². The van der Waals surface area contributed by atoms with E-state index in [9.17, 15) is 14.0 Å². The van der Waals surface area contributed by atoms with Crippen LogP contribution in [0, 0.1) is 12.7 Å². The van der Waals surface area contributed by atoms with Crippen LogP contribution in [-0.2, 0) is 9.59 Å². The molecule has 0 saturated carbocycles. The van der Waals surface area contributed by atoms with Gasteiger partial charge in [0.05, 0.1) is 11.6 Å². The molecule has 29 heavy (non-hydrogen) atoms. The standard InChI is InChI=1S/C21H20ClFN2O4/c1-12-7-17(22)19(29-6-5-26)10-18(12)25-21(28)16-11-24-20(27)9-15(16)13-3-2-4-14(23)8-13/h2-4,7-8,10-11,15,26H,5-6,9H2,1H3,(H,24,27)(H,25,28)/t15-/m0/s1. The first-order chi connectivity index (χ1) is 13.9. The van der Waals surface area contributed by atoms with E-state index in [1.165, 1.54) is 18.3 Å². The molecule has 0 aliphatic carbocycles. The first kappa shape index (κ1) is 20.8. The summed E-state index contributed by atoms with van der Waals surface area (Å²) < 4.78 is 19.0. The molecular formula is C21H20ClFN2O4. The number of hydrogen-bond acceptors (Lipinski definition) is 4. The first-order valence-electron chi connectivity index (χ1n) is 8.99. The van der Waals surface area contributed by atoms with Crippen LogP contribution in [0.3, 0.4) is 0 Å². The van der Waals surface area contributed by atoms with Gasteiger partial charge in [-0.25, -0.2) is 4.39 Å². The Bertz CT molecular complexity index is 977. The van der Waals surface area contributed by atoms with Gasteiger partial charge in [0.15, 0.2) is 0 Å². The molecule has 0 fully saturated rings.